The van der Waals surface area contributed by atoms with Gasteiger partial charge in [-0.3, -0.25) is 9.78 Å². The number of nitrogens with zero attached hydrogens (tertiary/aromatic N) is 1. The van der Waals surface area contributed by atoms with Gasteiger partial charge in [0.1, 0.15) is 12.4 Å². The number of carbonyl (C=O) groups excluding carboxylic acids is 1. The molecule has 0 aliphatic rings. The van der Waals surface area contributed by atoms with Crippen molar-refractivity contribution in [2.45, 2.75) is 26.2 Å². The molecule has 1 aromatic carbocycles. The first kappa shape index (κ1) is 16.8. The van der Waals surface area contributed by atoms with Crippen LogP contribution < -0.4 is 15.8 Å². The van der Waals surface area contributed by atoms with Crippen molar-refractivity contribution < 1.29 is 9.53 Å². The number of nitrogens with one attached hydrogen (secondary N) is 1. The minimum Gasteiger partial charge on any atom is -0.491 e. The maximum absolute atomic E-state index is 11.3. The van der Waals surface area contributed by atoms with E-state index in [0.29, 0.717) is 24.4 Å². The zero-order valence-electron chi connectivity index (χ0n) is 13.8. The molecule has 2 rings (SSSR count). The van der Waals surface area contributed by atoms with Crippen LogP contribution in [0.25, 0.3) is 0 Å². The lowest BCUT2D eigenvalue weighted by atomic mass is 9.86. The van der Waals surface area contributed by atoms with Gasteiger partial charge in [-0.2, -0.15) is 0 Å². The lowest BCUT2D eigenvalue weighted by molar-refractivity contribution is 0.100. The number of nitrogens with two attached hydrogens (primary N) is 1. The highest BCUT2D eigenvalue weighted by Gasteiger charge is 2.18. The molecule has 3 N–H and O–H groups in total. The topological polar surface area (TPSA) is 77.2 Å². The maximum Gasteiger partial charge on any atom is 0.252 e. The number of primary amides is 1. The highest BCUT2D eigenvalue weighted by Crippen LogP contribution is 2.30. The Morgan fingerprint density at radius 1 is 1.26 bits per heavy atom. The lowest BCUT2D eigenvalue weighted by Gasteiger charge is -2.22. The van der Waals surface area contributed by atoms with E-state index in [1.807, 2.05) is 18.2 Å². The molecule has 0 radical (unpaired) electrons. The molecule has 1 aromatic heterocycles. The van der Waals surface area contributed by atoms with Crippen LogP contribution in [-0.4, -0.2) is 24.0 Å². The summed E-state index contributed by atoms with van der Waals surface area (Å²) in [6, 6.07) is 9.76. The minimum atomic E-state index is -0.500. The molecular weight excluding hydrogens is 290 g/mol. The van der Waals surface area contributed by atoms with Crippen molar-refractivity contribution >= 4 is 11.6 Å². The van der Waals surface area contributed by atoms with Gasteiger partial charge in [0.2, 0.25) is 0 Å². The first-order valence-electron chi connectivity index (χ1n) is 7.59. The summed E-state index contributed by atoms with van der Waals surface area (Å²) in [7, 11) is 0. The highest BCUT2D eigenvalue weighted by atomic mass is 16.5. The first-order valence-corrected chi connectivity index (χ1v) is 7.59. The molecule has 0 saturated heterocycles. The van der Waals surface area contributed by atoms with E-state index in [4.69, 9.17) is 10.5 Å². The van der Waals surface area contributed by atoms with Crippen LogP contribution in [0.4, 0.5) is 5.69 Å². The molecule has 0 bridgehead atoms. The number of aromatic nitrogens is 1. The quantitative estimate of drug-likeness (QED) is 0.804. The second-order valence-electron chi connectivity index (χ2n) is 6.31. The van der Waals surface area contributed by atoms with E-state index >= 15 is 0 Å². The van der Waals surface area contributed by atoms with E-state index in [1.165, 1.54) is 11.8 Å². The molecule has 0 aliphatic heterocycles. The third kappa shape index (κ3) is 4.45. The van der Waals surface area contributed by atoms with Crippen LogP contribution in [0.15, 0.2) is 42.7 Å². The summed E-state index contributed by atoms with van der Waals surface area (Å²) in [5.74, 6) is 0.381. The van der Waals surface area contributed by atoms with Crippen LogP contribution in [0.5, 0.6) is 5.75 Å². The van der Waals surface area contributed by atoms with E-state index in [9.17, 15) is 4.79 Å². The molecule has 5 heteroatoms. The summed E-state index contributed by atoms with van der Waals surface area (Å²) < 4.78 is 5.89. The van der Waals surface area contributed by atoms with E-state index < -0.39 is 5.91 Å². The van der Waals surface area contributed by atoms with Gasteiger partial charge in [-0.05, 0) is 23.1 Å². The van der Waals surface area contributed by atoms with Crippen LogP contribution in [0.1, 0.15) is 36.7 Å². The second kappa shape index (κ2) is 7.13. The lowest BCUT2D eigenvalue weighted by Crippen LogP contribution is -2.19. The van der Waals surface area contributed by atoms with Gasteiger partial charge in [0.05, 0.1) is 11.3 Å². The second-order valence-corrected chi connectivity index (χ2v) is 6.31. The minimum absolute atomic E-state index is 0.0221. The number of amides is 1. The van der Waals surface area contributed by atoms with Gasteiger partial charge in [-0.25, -0.2) is 0 Å². The third-order valence-corrected chi connectivity index (χ3v) is 3.46. The van der Waals surface area contributed by atoms with Crippen LogP contribution >= 0.6 is 0 Å². The molecule has 23 heavy (non-hydrogen) atoms. The van der Waals surface area contributed by atoms with Gasteiger partial charge in [-0.1, -0.05) is 39.0 Å². The van der Waals surface area contributed by atoms with Crippen LogP contribution in [-0.2, 0) is 5.41 Å². The summed E-state index contributed by atoms with van der Waals surface area (Å²) in [5.41, 5.74) is 7.56. The van der Waals surface area contributed by atoms with Crippen LogP contribution in [0.2, 0.25) is 0 Å². The maximum atomic E-state index is 11.3. The van der Waals surface area contributed by atoms with Gasteiger partial charge in [0.25, 0.3) is 5.91 Å². The van der Waals surface area contributed by atoms with Gasteiger partial charge in [-0.15, -0.1) is 0 Å². The SMILES string of the molecule is CC(C)(C)c1ccccc1OCCNc1ccncc1C(N)=O. The van der Waals surface area contributed by atoms with E-state index in [-0.39, 0.29) is 5.41 Å². The van der Waals surface area contributed by atoms with Gasteiger partial charge < -0.3 is 15.8 Å². The van der Waals surface area contributed by atoms with Crippen molar-refractivity contribution in [2.75, 3.05) is 18.5 Å². The molecule has 0 fully saturated rings. The zero-order chi connectivity index (χ0) is 16.9. The fraction of sp³-hybridized carbons (Fsp3) is 0.333. The van der Waals surface area contributed by atoms with E-state index in [2.05, 4.69) is 37.1 Å². The average Bonchev–Trinajstić information content (AvgIpc) is 2.51. The van der Waals surface area contributed by atoms with Crippen molar-refractivity contribution in [3.63, 3.8) is 0 Å². The molecule has 0 atom stereocenters. The molecule has 2 aromatic rings. The Morgan fingerprint density at radius 2 is 2.00 bits per heavy atom. The monoisotopic (exact) mass is 313 g/mol. The number of hydrogen-bond acceptors (Lipinski definition) is 4. The largest absolute Gasteiger partial charge is 0.491 e. The Bertz CT molecular complexity index is 678. The molecule has 0 saturated carbocycles. The van der Waals surface area contributed by atoms with E-state index in [1.54, 1.807) is 12.3 Å². The van der Waals surface area contributed by atoms with Crippen LogP contribution in [0.3, 0.4) is 0 Å². The summed E-state index contributed by atoms with van der Waals surface area (Å²) in [5, 5.41) is 3.16. The number of para-hydroxylation sites is 1. The molecule has 1 heterocycles. The van der Waals surface area contributed by atoms with Crippen molar-refractivity contribution in [3.8, 4) is 5.75 Å². The zero-order valence-corrected chi connectivity index (χ0v) is 13.8. The van der Waals surface area contributed by atoms with Crippen molar-refractivity contribution in [1.29, 1.82) is 0 Å². The molecular formula is C18H23N3O2. The normalized spacial score (nSPS) is 11.1. The highest BCUT2D eigenvalue weighted by molar-refractivity contribution is 5.98. The fourth-order valence-electron chi connectivity index (χ4n) is 2.30. The number of anilines is 1. The summed E-state index contributed by atoms with van der Waals surface area (Å²) in [6.07, 6.45) is 3.07. The average molecular weight is 313 g/mol. The number of ether oxygens (including phenoxy) is 1. The number of carbonyl (C=O) groups is 1. The Morgan fingerprint density at radius 3 is 2.70 bits per heavy atom. The van der Waals surface area contributed by atoms with Crippen LogP contribution in [0, 0.1) is 0 Å². The Hall–Kier alpha value is -2.56. The smallest absolute Gasteiger partial charge is 0.252 e. The molecule has 0 spiro atoms. The first-order chi connectivity index (χ1) is 10.9. The summed E-state index contributed by atoms with van der Waals surface area (Å²) in [4.78, 5) is 15.3. The summed E-state index contributed by atoms with van der Waals surface area (Å²) in [6.45, 7) is 7.51. The number of hydrogen-bond donors (Lipinski definition) is 2. The predicted octanol–water partition coefficient (Wildman–Crippen LogP) is 2.97. The van der Waals surface area contributed by atoms with Gasteiger partial charge in [0.15, 0.2) is 0 Å². The molecule has 0 unspecified atom stereocenters. The van der Waals surface area contributed by atoms with Crippen molar-refractivity contribution in [3.05, 3.63) is 53.9 Å². The number of benzene rings is 1. The number of pyridine rings is 1. The van der Waals surface area contributed by atoms with Crippen molar-refractivity contribution in [2.24, 2.45) is 5.73 Å². The Balaban J connectivity index is 1.96. The molecule has 1 amide bonds. The molecule has 0 aliphatic carbocycles. The van der Waals surface area contributed by atoms with E-state index in [0.717, 1.165) is 5.75 Å². The third-order valence-electron chi connectivity index (χ3n) is 3.46. The fourth-order valence-corrected chi connectivity index (χ4v) is 2.30. The Labute approximate surface area is 136 Å². The van der Waals surface area contributed by atoms with Gasteiger partial charge in [0, 0.05) is 18.9 Å². The standard InChI is InChI=1S/C18H23N3O2/c1-18(2,3)14-6-4-5-7-16(14)23-11-10-21-15-8-9-20-12-13(15)17(19)22/h4-9,12H,10-11H2,1-3H3,(H2,19,22)(H,20,21). The predicted molar refractivity (Wildman–Crippen MR) is 91.9 cm³/mol. The van der Waals surface area contributed by atoms with Crippen molar-refractivity contribution in [1.82, 2.24) is 4.98 Å². The Kier molecular flexibility index (Phi) is 5.21. The molecule has 5 nitrogen and oxygen atoms in total. The summed E-state index contributed by atoms with van der Waals surface area (Å²) >= 11 is 0. The molecule has 122 valence electrons. The number of rotatable bonds is 6. The van der Waals surface area contributed by atoms with Gasteiger partial charge >= 0.3 is 0 Å².